The number of aromatic nitrogens is 1. The first kappa shape index (κ1) is 20.7. The van der Waals surface area contributed by atoms with Gasteiger partial charge in [0, 0.05) is 24.7 Å². The first-order valence-corrected chi connectivity index (χ1v) is 9.79. The van der Waals surface area contributed by atoms with Crippen LogP contribution in [0.25, 0.3) is 0 Å². The molecule has 0 aliphatic carbocycles. The number of nitrogens with zero attached hydrogens (tertiary/aromatic N) is 2. The van der Waals surface area contributed by atoms with Crippen molar-refractivity contribution in [1.82, 2.24) is 10.1 Å². The monoisotopic (exact) mass is 402 g/mol. The third kappa shape index (κ3) is 5.49. The summed E-state index contributed by atoms with van der Waals surface area (Å²) in [6.45, 7) is 2.83. The van der Waals surface area contributed by atoms with Gasteiger partial charge in [0.15, 0.2) is 11.5 Å². The lowest BCUT2D eigenvalue weighted by atomic mass is 9.99. The smallest absolute Gasteiger partial charge is 0.307 e. The lowest BCUT2D eigenvalue weighted by Gasteiger charge is -2.34. The van der Waals surface area contributed by atoms with Gasteiger partial charge < -0.3 is 23.6 Å². The van der Waals surface area contributed by atoms with E-state index in [1.54, 1.807) is 37.1 Å². The Morgan fingerprint density at radius 1 is 1.24 bits per heavy atom. The molecular weight excluding hydrogens is 376 g/mol. The molecular formula is C21H26N2O6. The number of carbonyl (C=O) groups excluding carboxylic acids is 2. The minimum Gasteiger partial charge on any atom is -0.497 e. The van der Waals surface area contributed by atoms with E-state index in [1.165, 1.54) is 0 Å². The normalized spacial score (nSPS) is 16.3. The van der Waals surface area contributed by atoms with E-state index in [0.717, 1.165) is 19.3 Å². The third-order valence-corrected chi connectivity index (χ3v) is 4.80. The number of amides is 1. The Kier molecular flexibility index (Phi) is 7.10. The summed E-state index contributed by atoms with van der Waals surface area (Å²) >= 11 is 0. The predicted molar refractivity (Wildman–Crippen MR) is 104 cm³/mol. The molecule has 8 nitrogen and oxygen atoms in total. The van der Waals surface area contributed by atoms with Crippen LogP contribution in [-0.4, -0.2) is 48.2 Å². The predicted octanol–water partition coefficient (Wildman–Crippen LogP) is 3.21. The number of methoxy groups -OCH3 is 1. The Balaban J connectivity index is 1.61. The fourth-order valence-electron chi connectivity index (χ4n) is 3.37. The second-order valence-electron chi connectivity index (χ2n) is 6.80. The standard InChI is InChI=1S/C21H26N2O6/c1-3-27-20(24)11-15-7-4-5-10-23(15)21(25)19-13-18(29-22-19)14-28-17-9-6-8-16(12-17)26-2/h6,8-9,12-13,15H,3-5,7,10-11,14H2,1-2H3/t15-/m0/s1. The van der Waals surface area contributed by atoms with Gasteiger partial charge in [-0.3, -0.25) is 9.59 Å². The first-order valence-electron chi connectivity index (χ1n) is 9.79. The lowest BCUT2D eigenvalue weighted by molar-refractivity contribution is -0.144. The van der Waals surface area contributed by atoms with Gasteiger partial charge >= 0.3 is 5.97 Å². The number of piperidine rings is 1. The fraction of sp³-hybridized carbons (Fsp3) is 0.476. The van der Waals surface area contributed by atoms with E-state index in [9.17, 15) is 9.59 Å². The second-order valence-corrected chi connectivity index (χ2v) is 6.80. The topological polar surface area (TPSA) is 91.1 Å². The number of likely N-dealkylation sites (tertiary alicyclic amines) is 1. The maximum atomic E-state index is 12.9. The third-order valence-electron chi connectivity index (χ3n) is 4.80. The van der Waals surface area contributed by atoms with Crippen LogP contribution in [-0.2, 0) is 16.1 Å². The van der Waals surface area contributed by atoms with Crippen molar-refractivity contribution in [1.29, 1.82) is 0 Å². The molecule has 0 saturated carbocycles. The Labute approximate surface area is 169 Å². The van der Waals surface area contributed by atoms with Crippen molar-refractivity contribution >= 4 is 11.9 Å². The van der Waals surface area contributed by atoms with E-state index < -0.39 is 0 Å². The maximum absolute atomic E-state index is 12.9. The largest absolute Gasteiger partial charge is 0.497 e. The summed E-state index contributed by atoms with van der Waals surface area (Å²) in [6.07, 6.45) is 2.85. The highest BCUT2D eigenvalue weighted by Crippen LogP contribution is 2.23. The molecule has 0 radical (unpaired) electrons. The van der Waals surface area contributed by atoms with Crippen LogP contribution in [0.3, 0.4) is 0 Å². The second kappa shape index (κ2) is 9.95. The summed E-state index contributed by atoms with van der Waals surface area (Å²) in [6, 6.07) is 8.61. The molecule has 0 bridgehead atoms. The van der Waals surface area contributed by atoms with Gasteiger partial charge in [0.1, 0.15) is 18.1 Å². The van der Waals surface area contributed by atoms with Crippen LogP contribution in [0.15, 0.2) is 34.9 Å². The average molecular weight is 402 g/mol. The van der Waals surface area contributed by atoms with E-state index in [4.69, 9.17) is 18.7 Å². The fourth-order valence-corrected chi connectivity index (χ4v) is 3.37. The van der Waals surface area contributed by atoms with E-state index in [0.29, 0.717) is 30.4 Å². The van der Waals surface area contributed by atoms with Crippen LogP contribution in [0, 0.1) is 0 Å². The number of hydrogen-bond acceptors (Lipinski definition) is 7. The molecule has 0 spiro atoms. The molecule has 0 N–H and O–H groups in total. The van der Waals surface area contributed by atoms with Crippen molar-refractivity contribution in [2.24, 2.45) is 0 Å². The zero-order valence-corrected chi connectivity index (χ0v) is 16.8. The van der Waals surface area contributed by atoms with Crippen LogP contribution in [0.4, 0.5) is 0 Å². The van der Waals surface area contributed by atoms with Gasteiger partial charge in [-0.1, -0.05) is 11.2 Å². The molecule has 1 amide bonds. The summed E-state index contributed by atoms with van der Waals surface area (Å²) in [4.78, 5) is 26.5. The van der Waals surface area contributed by atoms with Crippen molar-refractivity contribution in [2.75, 3.05) is 20.3 Å². The molecule has 1 fully saturated rings. The number of carbonyl (C=O) groups is 2. The highest BCUT2D eigenvalue weighted by Gasteiger charge is 2.31. The summed E-state index contributed by atoms with van der Waals surface area (Å²) in [7, 11) is 1.59. The van der Waals surface area contributed by atoms with Gasteiger partial charge in [-0.25, -0.2) is 0 Å². The molecule has 3 rings (SSSR count). The zero-order chi connectivity index (χ0) is 20.6. The zero-order valence-electron chi connectivity index (χ0n) is 16.8. The van der Waals surface area contributed by atoms with Crippen LogP contribution in [0.1, 0.15) is 48.9 Å². The van der Waals surface area contributed by atoms with Crippen molar-refractivity contribution in [3.05, 3.63) is 41.8 Å². The molecule has 1 aromatic carbocycles. The molecule has 1 atom stereocenters. The minimum atomic E-state index is -0.287. The van der Waals surface area contributed by atoms with Crippen molar-refractivity contribution in [3.8, 4) is 11.5 Å². The van der Waals surface area contributed by atoms with Crippen molar-refractivity contribution < 1.29 is 28.3 Å². The van der Waals surface area contributed by atoms with E-state index in [-0.39, 0.29) is 36.6 Å². The molecule has 1 aliphatic rings. The number of benzene rings is 1. The van der Waals surface area contributed by atoms with E-state index in [2.05, 4.69) is 5.16 Å². The lowest BCUT2D eigenvalue weighted by Crippen LogP contribution is -2.45. The molecule has 29 heavy (non-hydrogen) atoms. The minimum absolute atomic E-state index is 0.139. The van der Waals surface area contributed by atoms with E-state index in [1.807, 2.05) is 12.1 Å². The molecule has 1 aliphatic heterocycles. The highest BCUT2D eigenvalue weighted by atomic mass is 16.5. The number of hydrogen-bond donors (Lipinski definition) is 0. The van der Waals surface area contributed by atoms with Crippen molar-refractivity contribution in [2.45, 2.75) is 45.3 Å². The molecule has 2 heterocycles. The molecule has 0 unspecified atom stereocenters. The Bertz CT molecular complexity index is 834. The van der Waals surface area contributed by atoms with Gasteiger partial charge in [0.2, 0.25) is 0 Å². The quantitative estimate of drug-likeness (QED) is 0.626. The van der Waals surface area contributed by atoms with Crippen molar-refractivity contribution in [3.63, 3.8) is 0 Å². The highest BCUT2D eigenvalue weighted by molar-refractivity contribution is 5.92. The maximum Gasteiger partial charge on any atom is 0.307 e. The Morgan fingerprint density at radius 2 is 2.07 bits per heavy atom. The van der Waals surface area contributed by atoms with Gasteiger partial charge in [-0.15, -0.1) is 0 Å². The SMILES string of the molecule is CCOC(=O)C[C@@H]1CCCCN1C(=O)c1cc(COc2cccc(OC)c2)on1. The molecule has 8 heteroatoms. The van der Waals surface area contributed by atoms with Gasteiger partial charge in [-0.05, 0) is 38.3 Å². The number of esters is 1. The van der Waals surface area contributed by atoms with E-state index >= 15 is 0 Å². The van der Waals surface area contributed by atoms with Gasteiger partial charge in [0.25, 0.3) is 5.91 Å². The number of rotatable bonds is 8. The van der Waals surface area contributed by atoms with Gasteiger partial charge in [0.05, 0.1) is 20.1 Å². The van der Waals surface area contributed by atoms with Crippen LogP contribution >= 0.6 is 0 Å². The number of ether oxygens (including phenoxy) is 3. The first-order chi connectivity index (χ1) is 14.1. The van der Waals surface area contributed by atoms with Crippen LogP contribution < -0.4 is 9.47 Å². The molecule has 2 aromatic rings. The molecule has 156 valence electrons. The summed E-state index contributed by atoms with van der Waals surface area (Å²) < 4.78 is 21.1. The van der Waals surface area contributed by atoms with Crippen LogP contribution in [0.2, 0.25) is 0 Å². The summed E-state index contributed by atoms with van der Waals surface area (Å²) in [5, 5.41) is 3.90. The average Bonchev–Trinajstić information content (AvgIpc) is 3.21. The molecule has 1 saturated heterocycles. The van der Waals surface area contributed by atoms with Crippen LogP contribution in [0.5, 0.6) is 11.5 Å². The Hall–Kier alpha value is -3.03. The molecule has 1 aromatic heterocycles. The summed E-state index contributed by atoms with van der Waals surface area (Å²) in [5.41, 5.74) is 0.213. The Morgan fingerprint density at radius 3 is 2.86 bits per heavy atom. The summed E-state index contributed by atoms with van der Waals surface area (Å²) in [5.74, 6) is 1.23. The van der Waals surface area contributed by atoms with Gasteiger partial charge in [-0.2, -0.15) is 0 Å².